The number of anilines is 1. The van der Waals surface area contributed by atoms with Gasteiger partial charge in [-0.3, -0.25) is 4.79 Å². The molecule has 0 aliphatic carbocycles. The van der Waals surface area contributed by atoms with Gasteiger partial charge < -0.3 is 19.5 Å². The minimum Gasteiger partial charge on any atom is -0.490 e. The highest BCUT2D eigenvalue weighted by Crippen LogP contribution is 2.36. The second-order valence-electron chi connectivity index (χ2n) is 8.85. The molecule has 214 valence electrons. The zero-order valence-corrected chi connectivity index (χ0v) is 27.6. The number of carbonyl (C=O) groups is 1. The highest BCUT2D eigenvalue weighted by Gasteiger charge is 2.15. The molecule has 0 spiro atoms. The van der Waals surface area contributed by atoms with E-state index in [0.29, 0.717) is 51.8 Å². The SMILES string of the molecule is CCOc1cc(/C=C(\C#N)C(=O)Nc2ccc(OCc3ccc(Cl)cc3Cl)cc2)cc(I)c1OCc1ccc(Br)cc1. The van der Waals surface area contributed by atoms with Gasteiger partial charge in [0, 0.05) is 25.8 Å². The lowest BCUT2D eigenvalue weighted by Gasteiger charge is -2.15. The standard InChI is InChI=1S/C32H24BrCl2IN2O4/c1-2-40-30-15-21(14-29(36)31(30)42-18-20-3-6-24(33)7-4-20)13-23(17-37)32(39)38-26-9-11-27(12-10-26)41-19-22-5-8-25(34)16-28(22)35/h3-16H,2,18-19H2,1H3,(H,38,39)/b23-13+. The van der Waals surface area contributed by atoms with E-state index in [0.717, 1.165) is 19.2 Å². The molecule has 4 aromatic rings. The van der Waals surface area contributed by atoms with E-state index in [1.54, 1.807) is 48.5 Å². The van der Waals surface area contributed by atoms with E-state index in [2.05, 4.69) is 43.8 Å². The molecular formula is C32H24BrCl2IN2O4. The number of nitrogens with zero attached hydrogens (tertiary/aromatic N) is 1. The Balaban J connectivity index is 1.43. The Hall–Kier alpha value is -3.23. The fraction of sp³-hybridized carbons (Fsp3) is 0.125. The first-order chi connectivity index (χ1) is 20.2. The number of nitrogens with one attached hydrogen (secondary N) is 1. The molecule has 6 nitrogen and oxygen atoms in total. The topological polar surface area (TPSA) is 80.6 Å². The van der Waals surface area contributed by atoms with Crippen LogP contribution in [0, 0.1) is 14.9 Å². The maximum atomic E-state index is 12.9. The summed E-state index contributed by atoms with van der Waals surface area (Å²) in [5.41, 5.74) is 2.90. The van der Waals surface area contributed by atoms with Crippen LogP contribution in [0.4, 0.5) is 5.69 Å². The number of ether oxygens (including phenoxy) is 3. The third-order valence-electron chi connectivity index (χ3n) is 5.83. The summed E-state index contributed by atoms with van der Waals surface area (Å²) in [5.74, 6) is 1.18. The van der Waals surface area contributed by atoms with Crippen LogP contribution in [0.3, 0.4) is 0 Å². The van der Waals surface area contributed by atoms with Crippen molar-refractivity contribution in [2.45, 2.75) is 20.1 Å². The van der Waals surface area contributed by atoms with Gasteiger partial charge in [0.1, 0.15) is 30.6 Å². The van der Waals surface area contributed by atoms with E-state index >= 15 is 0 Å². The zero-order chi connectivity index (χ0) is 30.1. The first-order valence-electron chi connectivity index (χ1n) is 12.7. The van der Waals surface area contributed by atoms with Gasteiger partial charge in [-0.05, 0) is 107 Å². The van der Waals surface area contributed by atoms with Crippen LogP contribution in [0.5, 0.6) is 17.2 Å². The lowest BCUT2D eigenvalue weighted by molar-refractivity contribution is -0.112. The molecular weight excluding hydrogens is 754 g/mol. The van der Waals surface area contributed by atoms with Crippen LogP contribution in [-0.2, 0) is 18.0 Å². The molecule has 0 saturated heterocycles. The zero-order valence-electron chi connectivity index (χ0n) is 22.3. The van der Waals surface area contributed by atoms with Crippen molar-refractivity contribution in [1.29, 1.82) is 5.26 Å². The molecule has 10 heteroatoms. The van der Waals surface area contributed by atoms with Crippen molar-refractivity contribution < 1.29 is 19.0 Å². The number of hydrogen-bond acceptors (Lipinski definition) is 5. The van der Waals surface area contributed by atoms with Crippen molar-refractivity contribution in [3.05, 3.63) is 119 Å². The molecule has 0 aromatic heterocycles. The Labute approximate surface area is 276 Å². The van der Waals surface area contributed by atoms with Gasteiger partial charge in [-0.15, -0.1) is 0 Å². The van der Waals surface area contributed by atoms with Crippen molar-refractivity contribution in [3.63, 3.8) is 0 Å². The predicted octanol–water partition coefficient (Wildman–Crippen LogP) is 9.46. The highest BCUT2D eigenvalue weighted by molar-refractivity contribution is 14.1. The van der Waals surface area contributed by atoms with E-state index in [-0.39, 0.29) is 12.2 Å². The molecule has 42 heavy (non-hydrogen) atoms. The molecule has 0 unspecified atom stereocenters. The van der Waals surface area contributed by atoms with Gasteiger partial charge in [0.25, 0.3) is 5.91 Å². The van der Waals surface area contributed by atoms with Crippen molar-refractivity contribution in [2.75, 3.05) is 11.9 Å². The average Bonchev–Trinajstić information content (AvgIpc) is 2.97. The molecule has 4 aromatic carbocycles. The predicted molar refractivity (Wildman–Crippen MR) is 178 cm³/mol. The van der Waals surface area contributed by atoms with E-state index in [1.807, 2.05) is 43.3 Å². The molecule has 0 saturated carbocycles. The third-order valence-corrected chi connectivity index (χ3v) is 7.74. The quantitative estimate of drug-likeness (QED) is 0.0933. The minimum absolute atomic E-state index is 0.0607. The molecule has 0 aliphatic heterocycles. The molecule has 0 fully saturated rings. The molecule has 0 bridgehead atoms. The second kappa shape index (κ2) is 15.3. The summed E-state index contributed by atoms with van der Waals surface area (Å²) in [6, 6.07) is 25.5. The number of halogens is 4. The maximum Gasteiger partial charge on any atom is 0.266 e. The minimum atomic E-state index is -0.539. The Morgan fingerprint density at radius 1 is 0.976 bits per heavy atom. The third kappa shape index (κ3) is 8.88. The summed E-state index contributed by atoms with van der Waals surface area (Å²) < 4.78 is 19.5. The average molecular weight is 778 g/mol. The van der Waals surface area contributed by atoms with Crippen molar-refractivity contribution in [3.8, 4) is 23.3 Å². The van der Waals surface area contributed by atoms with Gasteiger partial charge in [-0.25, -0.2) is 0 Å². The first kappa shape index (κ1) is 31.7. The van der Waals surface area contributed by atoms with Gasteiger partial charge in [-0.2, -0.15) is 5.26 Å². The van der Waals surface area contributed by atoms with Crippen LogP contribution < -0.4 is 19.5 Å². The summed E-state index contributed by atoms with van der Waals surface area (Å²) in [6.45, 7) is 2.93. The monoisotopic (exact) mass is 776 g/mol. The smallest absolute Gasteiger partial charge is 0.266 e. The van der Waals surface area contributed by atoms with Gasteiger partial charge in [-0.1, -0.05) is 57.3 Å². The van der Waals surface area contributed by atoms with Gasteiger partial charge in [0.05, 0.1) is 10.2 Å². The Bertz CT molecular complexity index is 1640. The van der Waals surface area contributed by atoms with Gasteiger partial charge in [0.15, 0.2) is 11.5 Å². The molecule has 1 N–H and O–H groups in total. The van der Waals surface area contributed by atoms with Crippen molar-refractivity contribution in [1.82, 2.24) is 0 Å². The van der Waals surface area contributed by atoms with Crippen molar-refractivity contribution in [2.24, 2.45) is 0 Å². The number of hydrogen-bond donors (Lipinski definition) is 1. The largest absolute Gasteiger partial charge is 0.490 e. The summed E-state index contributed by atoms with van der Waals surface area (Å²) in [6.07, 6.45) is 1.52. The molecule has 4 rings (SSSR count). The van der Waals surface area contributed by atoms with Gasteiger partial charge >= 0.3 is 0 Å². The molecule has 0 atom stereocenters. The highest BCUT2D eigenvalue weighted by atomic mass is 127. The molecule has 1 amide bonds. The van der Waals surface area contributed by atoms with Crippen LogP contribution in [0.2, 0.25) is 10.0 Å². The van der Waals surface area contributed by atoms with E-state index in [4.69, 9.17) is 37.4 Å². The molecule has 0 aliphatic rings. The second-order valence-corrected chi connectivity index (χ2v) is 11.8. The number of carbonyl (C=O) groups excluding carboxylic acids is 1. The van der Waals surface area contributed by atoms with Crippen molar-refractivity contribution >= 4 is 79.4 Å². The summed E-state index contributed by atoms with van der Waals surface area (Å²) in [7, 11) is 0. The number of benzene rings is 4. The fourth-order valence-electron chi connectivity index (χ4n) is 3.76. The molecule has 0 radical (unpaired) electrons. The summed E-state index contributed by atoms with van der Waals surface area (Å²) in [5, 5.41) is 13.6. The summed E-state index contributed by atoms with van der Waals surface area (Å²) >= 11 is 17.7. The van der Waals surface area contributed by atoms with Gasteiger partial charge in [0.2, 0.25) is 0 Å². The molecule has 0 heterocycles. The van der Waals surface area contributed by atoms with E-state index < -0.39 is 5.91 Å². The summed E-state index contributed by atoms with van der Waals surface area (Å²) in [4.78, 5) is 12.9. The van der Waals surface area contributed by atoms with Crippen LogP contribution in [0.15, 0.2) is 88.9 Å². The van der Waals surface area contributed by atoms with Crippen LogP contribution in [0.25, 0.3) is 6.08 Å². The Morgan fingerprint density at radius 2 is 1.71 bits per heavy atom. The lowest BCUT2D eigenvalue weighted by Crippen LogP contribution is -2.13. The normalized spacial score (nSPS) is 11.0. The number of rotatable bonds is 11. The van der Waals surface area contributed by atoms with E-state index in [9.17, 15) is 10.1 Å². The lowest BCUT2D eigenvalue weighted by atomic mass is 10.1. The van der Waals surface area contributed by atoms with Crippen LogP contribution in [0.1, 0.15) is 23.6 Å². The fourth-order valence-corrected chi connectivity index (χ4v) is 5.27. The Kier molecular flexibility index (Phi) is 11.5. The van der Waals surface area contributed by atoms with Crippen LogP contribution >= 0.6 is 61.7 Å². The van der Waals surface area contributed by atoms with E-state index in [1.165, 1.54) is 6.08 Å². The van der Waals surface area contributed by atoms with Crippen LogP contribution in [-0.4, -0.2) is 12.5 Å². The Morgan fingerprint density at radius 3 is 2.38 bits per heavy atom. The first-order valence-corrected chi connectivity index (χ1v) is 15.3. The number of nitriles is 1. The number of amides is 1. The maximum absolute atomic E-state index is 12.9.